The summed E-state index contributed by atoms with van der Waals surface area (Å²) in [5.41, 5.74) is 8.38. The Hall–Kier alpha value is -3.06. The highest BCUT2D eigenvalue weighted by molar-refractivity contribution is 14.1. The van der Waals surface area contributed by atoms with Crippen LogP contribution in [0, 0.1) is 8.98 Å². The first-order chi connectivity index (χ1) is 15.0. The molecule has 0 aliphatic rings. The quantitative estimate of drug-likeness (QED) is 0.231. The number of aryl methyl sites for hydroxylation is 1. The molecule has 0 amide bonds. The van der Waals surface area contributed by atoms with E-state index in [1.807, 2.05) is 25.4 Å². The van der Waals surface area contributed by atoms with Gasteiger partial charge in [-0.15, -0.1) is 11.3 Å². The zero-order valence-electron chi connectivity index (χ0n) is 16.4. The van der Waals surface area contributed by atoms with Gasteiger partial charge < -0.3 is 20.7 Å². The molecule has 31 heavy (non-hydrogen) atoms. The van der Waals surface area contributed by atoms with Crippen LogP contribution in [0.25, 0.3) is 32.3 Å². The predicted octanol–water partition coefficient (Wildman–Crippen LogP) is 2.91. The van der Waals surface area contributed by atoms with E-state index in [9.17, 15) is 4.79 Å². The van der Waals surface area contributed by atoms with Crippen LogP contribution < -0.4 is 11.3 Å². The maximum Gasteiger partial charge on any atom is 0.291 e. The van der Waals surface area contributed by atoms with Crippen LogP contribution in [0.3, 0.4) is 0 Å². The second-order valence-corrected chi connectivity index (χ2v) is 9.33. The maximum atomic E-state index is 13.2. The van der Waals surface area contributed by atoms with E-state index in [0.717, 1.165) is 41.0 Å². The number of nitrogens with two attached hydrogens (primary N) is 1. The predicted molar refractivity (Wildman–Crippen MR) is 131 cm³/mol. The summed E-state index contributed by atoms with van der Waals surface area (Å²) in [6, 6.07) is 3.92. The Labute approximate surface area is 193 Å². The second-order valence-electron chi connectivity index (χ2n) is 7.09. The number of allylic oxidation sites excluding steroid dienone is 1. The monoisotopic (exact) mass is 544 g/mol. The summed E-state index contributed by atoms with van der Waals surface area (Å²) in [7, 11) is 1.83. The highest BCUT2D eigenvalue weighted by Crippen LogP contribution is 2.31. The summed E-state index contributed by atoms with van der Waals surface area (Å²) >= 11 is 3.73. The first-order valence-corrected chi connectivity index (χ1v) is 11.3. The van der Waals surface area contributed by atoms with Gasteiger partial charge in [-0.1, -0.05) is 0 Å². The molecule has 0 aromatic carbocycles. The minimum absolute atomic E-state index is 0.187. The van der Waals surface area contributed by atoms with Gasteiger partial charge in [0.2, 0.25) is 0 Å². The van der Waals surface area contributed by atoms with Crippen LogP contribution >= 0.6 is 33.9 Å². The largest absolute Gasteiger partial charge is 0.405 e. The molecule has 0 aliphatic carbocycles. The number of rotatable bonds is 5. The van der Waals surface area contributed by atoms with E-state index in [0.29, 0.717) is 17.6 Å². The molecule has 4 N–H and O–H groups in total. The number of aromatic amines is 1. The number of thiazole rings is 1. The number of halogens is 1. The van der Waals surface area contributed by atoms with Crippen molar-refractivity contribution in [1.29, 1.82) is 5.41 Å². The van der Waals surface area contributed by atoms with E-state index in [1.54, 1.807) is 16.8 Å². The first-order valence-electron chi connectivity index (χ1n) is 9.38. The van der Waals surface area contributed by atoms with E-state index in [4.69, 9.17) is 11.1 Å². The Balaban J connectivity index is 1.54. The van der Waals surface area contributed by atoms with Crippen molar-refractivity contribution in [2.75, 3.05) is 0 Å². The second kappa shape index (κ2) is 7.57. The summed E-state index contributed by atoms with van der Waals surface area (Å²) in [6.07, 6.45) is 6.90. The van der Waals surface area contributed by atoms with Crippen molar-refractivity contribution in [3.05, 3.63) is 61.4 Å². The van der Waals surface area contributed by atoms with Crippen LogP contribution in [0.4, 0.5) is 0 Å². The number of nitrogens with one attached hydrogen (secondary N) is 2. The number of pyridine rings is 1. The van der Waals surface area contributed by atoms with Crippen molar-refractivity contribution in [2.24, 2.45) is 12.8 Å². The third-order valence-corrected chi connectivity index (χ3v) is 7.04. The van der Waals surface area contributed by atoms with Crippen molar-refractivity contribution in [1.82, 2.24) is 29.3 Å². The lowest BCUT2D eigenvalue weighted by Gasteiger charge is -2.05. The third-order valence-electron chi connectivity index (χ3n) is 5.07. The summed E-state index contributed by atoms with van der Waals surface area (Å²) in [5.74, 6) is 0. The molecule has 0 saturated carbocycles. The fourth-order valence-corrected chi connectivity index (χ4v) is 5.33. The number of hydrogen-bond donors (Lipinski definition) is 3. The lowest BCUT2D eigenvalue weighted by Crippen LogP contribution is -2.25. The molecule has 5 aromatic heterocycles. The van der Waals surface area contributed by atoms with Crippen LogP contribution in [0.1, 0.15) is 10.7 Å². The molecule has 0 saturated heterocycles. The van der Waals surface area contributed by atoms with Gasteiger partial charge in [-0.05, 0) is 47.0 Å². The smallest absolute Gasteiger partial charge is 0.291 e. The Morgan fingerprint density at radius 3 is 3.00 bits per heavy atom. The van der Waals surface area contributed by atoms with Gasteiger partial charge >= 0.3 is 0 Å². The molecule has 9 nitrogen and oxygen atoms in total. The van der Waals surface area contributed by atoms with Crippen LogP contribution in [0.15, 0.2) is 41.6 Å². The van der Waals surface area contributed by atoms with E-state index in [-0.39, 0.29) is 12.1 Å². The molecular weight excluding hydrogens is 527 g/mol. The molecule has 0 unspecified atom stereocenters. The van der Waals surface area contributed by atoms with E-state index >= 15 is 0 Å². The summed E-state index contributed by atoms with van der Waals surface area (Å²) in [4.78, 5) is 25.6. The van der Waals surface area contributed by atoms with Gasteiger partial charge in [-0.25, -0.2) is 14.6 Å². The highest BCUT2D eigenvalue weighted by Gasteiger charge is 2.18. The van der Waals surface area contributed by atoms with Crippen LogP contribution in [0.5, 0.6) is 0 Å². The molecule has 5 heterocycles. The molecule has 0 radical (unpaired) electrons. The topological polar surface area (TPSA) is 131 Å². The van der Waals surface area contributed by atoms with Gasteiger partial charge in [0.15, 0.2) is 5.65 Å². The Morgan fingerprint density at radius 1 is 1.35 bits per heavy atom. The zero-order valence-corrected chi connectivity index (χ0v) is 19.4. The van der Waals surface area contributed by atoms with Gasteiger partial charge in [0.05, 0.1) is 23.1 Å². The molecular formula is C20H17IN8OS. The molecule has 0 aliphatic heterocycles. The Bertz CT molecular complexity index is 1570. The van der Waals surface area contributed by atoms with Crippen LogP contribution in [-0.2, 0) is 20.0 Å². The molecule has 5 rings (SSSR count). The molecule has 0 atom stereocenters. The number of fused-ring (bicyclic) bond motifs is 4. The molecule has 0 bridgehead atoms. The zero-order chi connectivity index (χ0) is 21.7. The molecule has 0 spiro atoms. The number of H-pyrrole nitrogens is 1. The van der Waals surface area contributed by atoms with Crippen molar-refractivity contribution in [2.45, 2.75) is 13.0 Å². The van der Waals surface area contributed by atoms with Crippen molar-refractivity contribution in [3.63, 3.8) is 0 Å². The van der Waals surface area contributed by atoms with Gasteiger partial charge in [0.1, 0.15) is 16.2 Å². The van der Waals surface area contributed by atoms with E-state index in [1.165, 1.54) is 22.2 Å². The summed E-state index contributed by atoms with van der Waals surface area (Å²) in [5, 5.41) is 14.9. The SMILES string of the molecule is Cn1c2nc(CC(=N)/C=C\N)sc2c2cnn(Cc3ccc4c(I)c[nH]c4n3)c(=O)c21. The minimum Gasteiger partial charge on any atom is -0.405 e. The van der Waals surface area contributed by atoms with Crippen molar-refractivity contribution in [3.8, 4) is 0 Å². The van der Waals surface area contributed by atoms with Crippen LogP contribution in [-0.4, -0.2) is 35.0 Å². The van der Waals surface area contributed by atoms with Crippen LogP contribution in [0.2, 0.25) is 0 Å². The fourth-order valence-electron chi connectivity index (χ4n) is 3.61. The Morgan fingerprint density at radius 2 is 2.19 bits per heavy atom. The standard InChI is InChI=1S/C20H17IN8OS/c1-28-16-13(17-19(28)27-15(31-17)6-10(23)4-5-22)7-25-29(20(16)30)9-11-2-3-12-14(21)8-24-18(12)26-11/h2-5,7-8,23H,6,9,22H2,1H3,(H,24,26)/b5-4-,23-10?. The highest BCUT2D eigenvalue weighted by atomic mass is 127. The summed E-state index contributed by atoms with van der Waals surface area (Å²) < 4.78 is 5.23. The molecule has 11 heteroatoms. The molecule has 0 fully saturated rings. The average molecular weight is 544 g/mol. The normalized spacial score (nSPS) is 12.1. The van der Waals surface area contributed by atoms with Gasteiger partial charge in [0, 0.05) is 39.7 Å². The number of aromatic nitrogens is 6. The lowest BCUT2D eigenvalue weighted by atomic mass is 10.3. The van der Waals surface area contributed by atoms with Crippen molar-refractivity contribution >= 4 is 71.9 Å². The lowest BCUT2D eigenvalue weighted by molar-refractivity contribution is 0.634. The number of nitrogens with zero attached hydrogens (tertiary/aromatic N) is 5. The van der Waals surface area contributed by atoms with Crippen molar-refractivity contribution < 1.29 is 0 Å². The Kier molecular flexibility index (Phi) is 4.85. The summed E-state index contributed by atoms with van der Waals surface area (Å²) in [6.45, 7) is 0.278. The van der Waals surface area contributed by atoms with E-state index in [2.05, 4.69) is 42.6 Å². The molecule has 156 valence electrons. The fraction of sp³-hybridized carbons (Fsp3) is 0.150. The van der Waals surface area contributed by atoms with E-state index < -0.39 is 0 Å². The third kappa shape index (κ3) is 3.33. The molecule has 5 aromatic rings. The maximum absolute atomic E-state index is 13.2. The van der Waals surface area contributed by atoms with Gasteiger partial charge in [-0.2, -0.15) is 5.10 Å². The van der Waals surface area contributed by atoms with Gasteiger partial charge in [0.25, 0.3) is 5.56 Å². The number of hydrogen-bond acceptors (Lipinski definition) is 7. The average Bonchev–Trinajstić information content (AvgIpc) is 3.39. The first kappa shape index (κ1) is 19.9. The van der Waals surface area contributed by atoms with Gasteiger partial charge in [-0.3, -0.25) is 4.79 Å². The minimum atomic E-state index is -0.187.